The highest BCUT2D eigenvalue weighted by molar-refractivity contribution is 7.92. The standard InChI is InChI=1S/C34H45N3O7S/c1-8-25(5)35-34(39)30(9-2)36(22-26-14-12-11-13-24(26)4)33(38)23-37(27-15-17-28(18-16-27)44-10-3)45(40,41)29-19-20-31(42-6)32(21-29)43-7/h11-21,25,30H,8-10,22-23H2,1-7H3,(H,35,39)/t25-,30+/m1/s1. The summed E-state index contributed by atoms with van der Waals surface area (Å²) in [6.45, 7) is 9.52. The Hall–Kier alpha value is -4.25. The molecule has 0 aromatic heterocycles. The first kappa shape index (κ1) is 35.2. The van der Waals surface area contributed by atoms with Crippen molar-refractivity contribution in [3.63, 3.8) is 0 Å². The van der Waals surface area contributed by atoms with E-state index in [1.807, 2.05) is 58.9 Å². The van der Waals surface area contributed by atoms with Crippen LogP contribution in [0, 0.1) is 6.92 Å². The van der Waals surface area contributed by atoms with Gasteiger partial charge < -0.3 is 24.4 Å². The van der Waals surface area contributed by atoms with E-state index in [1.54, 1.807) is 24.3 Å². The Morgan fingerprint density at radius 2 is 1.56 bits per heavy atom. The molecule has 244 valence electrons. The van der Waals surface area contributed by atoms with Gasteiger partial charge in [0, 0.05) is 18.7 Å². The summed E-state index contributed by atoms with van der Waals surface area (Å²) in [6.07, 6.45) is 1.06. The van der Waals surface area contributed by atoms with Crippen LogP contribution in [-0.2, 0) is 26.2 Å². The molecule has 3 aromatic rings. The van der Waals surface area contributed by atoms with Gasteiger partial charge in [-0.05, 0) is 81.1 Å². The van der Waals surface area contributed by atoms with E-state index in [1.165, 1.54) is 37.3 Å². The molecule has 0 aliphatic heterocycles. The lowest BCUT2D eigenvalue weighted by molar-refractivity contribution is -0.140. The smallest absolute Gasteiger partial charge is 0.264 e. The van der Waals surface area contributed by atoms with Crippen molar-refractivity contribution < 1.29 is 32.2 Å². The molecule has 2 amide bonds. The number of anilines is 1. The molecule has 0 heterocycles. The van der Waals surface area contributed by atoms with E-state index >= 15 is 0 Å². The number of aryl methyl sites for hydroxylation is 1. The van der Waals surface area contributed by atoms with E-state index in [4.69, 9.17) is 14.2 Å². The van der Waals surface area contributed by atoms with Gasteiger partial charge >= 0.3 is 0 Å². The van der Waals surface area contributed by atoms with Gasteiger partial charge in [-0.25, -0.2) is 8.42 Å². The van der Waals surface area contributed by atoms with E-state index in [0.29, 0.717) is 24.5 Å². The first-order valence-corrected chi connectivity index (χ1v) is 16.6. The highest BCUT2D eigenvalue weighted by Crippen LogP contribution is 2.33. The van der Waals surface area contributed by atoms with Gasteiger partial charge in [-0.2, -0.15) is 0 Å². The number of carbonyl (C=O) groups is 2. The number of ether oxygens (including phenoxy) is 3. The molecule has 0 saturated carbocycles. The highest BCUT2D eigenvalue weighted by Gasteiger charge is 2.34. The van der Waals surface area contributed by atoms with Crippen molar-refractivity contribution in [2.75, 3.05) is 31.7 Å². The number of amides is 2. The predicted octanol–water partition coefficient (Wildman–Crippen LogP) is 5.33. The number of nitrogens with zero attached hydrogens (tertiary/aromatic N) is 2. The second-order valence-corrected chi connectivity index (χ2v) is 12.5. The van der Waals surface area contributed by atoms with Crippen LogP contribution in [0.3, 0.4) is 0 Å². The third-order valence-corrected chi connectivity index (χ3v) is 9.42. The molecular formula is C34H45N3O7S. The van der Waals surface area contributed by atoms with Crippen molar-refractivity contribution >= 4 is 27.5 Å². The molecule has 3 rings (SSSR count). The molecule has 0 aliphatic rings. The van der Waals surface area contributed by atoms with Gasteiger partial charge in [-0.15, -0.1) is 0 Å². The van der Waals surface area contributed by atoms with Crippen LogP contribution < -0.4 is 23.8 Å². The SMILES string of the molecule is CCOc1ccc(N(CC(=O)N(Cc2ccccc2C)[C@@H](CC)C(=O)N[C@H](C)CC)S(=O)(=O)c2ccc(OC)c(OC)c2)cc1. The zero-order valence-electron chi connectivity index (χ0n) is 27.2. The van der Waals surface area contributed by atoms with Gasteiger partial charge in [-0.1, -0.05) is 38.1 Å². The lowest BCUT2D eigenvalue weighted by Gasteiger charge is -2.34. The molecule has 0 saturated heterocycles. The molecule has 10 nitrogen and oxygen atoms in total. The predicted molar refractivity (Wildman–Crippen MR) is 175 cm³/mol. The van der Waals surface area contributed by atoms with Crippen LogP contribution in [-0.4, -0.2) is 64.6 Å². The maximum atomic E-state index is 14.3. The number of rotatable bonds is 16. The number of hydrogen-bond acceptors (Lipinski definition) is 7. The molecule has 0 aliphatic carbocycles. The van der Waals surface area contributed by atoms with Gasteiger partial charge in [0.15, 0.2) is 11.5 Å². The lowest BCUT2D eigenvalue weighted by Crippen LogP contribution is -2.53. The second-order valence-electron chi connectivity index (χ2n) is 10.6. The van der Waals surface area contributed by atoms with E-state index in [-0.39, 0.29) is 34.8 Å². The fourth-order valence-electron chi connectivity index (χ4n) is 4.84. The maximum Gasteiger partial charge on any atom is 0.264 e. The topological polar surface area (TPSA) is 114 Å². The molecular weight excluding hydrogens is 594 g/mol. The monoisotopic (exact) mass is 639 g/mol. The summed E-state index contributed by atoms with van der Waals surface area (Å²) in [4.78, 5) is 29.2. The number of sulfonamides is 1. The van der Waals surface area contributed by atoms with Crippen LogP contribution in [0.5, 0.6) is 17.2 Å². The number of nitrogens with one attached hydrogen (secondary N) is 1. The molecule has 0 unspecified atom stereocenters. The fourth-order valence-corrected chi connectivity index (χ4v) is 6.27. The number of benzene rings is 3. The largest absolute Gasteiger partial charge is 0.494 e. The number of methoxy groups -OCH3 is 2. The van der Waals surface area contributed by atoms with Crippen molar-refractivity contribution in [2.24, 2.45) is 0 Å². The van der Waals surface area contributed by atoms with Gasteiger partial charge in [-0.3, -0.25) is 13.9 Å². The van der Waals surface area contributed by atoms with Crippen LogP contribution in [0.15, 0.2) is 71.6 Å². The Kier molecular flexibility index (Phi) is 12.7. The number of carbonyl (C=O) groups excluding carboxylic acids is 2. The molecule has 0 fully saturated rings. The minimum Gasteiger partial charge on any atom is -0.494 e. The summed E-state index contributed by atoms with van der Waals surface area (Å²) < 4.78 is 45.9. The fraction of sp³-hybridized carbons (Fsp3) is 0.412. The Labute approximate surface area is 267 Å². The molecule has 0 spiro atoms. The van der Waals surface area contributed by atoms with Crippen LogP contribution in [0.2, 0.25) is 0 Å². The van der Waals surface area contributed by atoms with Crippen molar-refractivity contribution in [3.05, 3.63) is 77.9 Å². The van der Waals surface area contributed by atoms with Gasteiger partial charge in [0.1, 0.15) is 18.3 Å². The third-order valence-electron chi connectivity index (χ3n) is 7.65. The van der Waals surface area contributed by atoms with Crippen LogP contribution in [0.25, 0.3) is 0 Å². The average Bonchev–Trinajstić information content (AvgIpc) is 3.04. The van der Waals surface area contributed by atoms with Crippen molar-refractivity contribution in [2.45, 2.75) is 71.0 Å². The van der Waals surface area contributed by atoms with E-state index in [0.717, 1.165) is 21.9 Å². The zero-order chi connectivity index (χ0) is 33.1. The van der Waals surface area contributed by atoms with Crippen molar-refractivity contribution in [1.29, 1.82) is 0 Å². The summed E-state index contributed by atoms with van der Waals surface area (Å²) in [5.74, 6) is 0.338. The zero-order valence-corrected chi connectivity index (χ0v) is 28.0. The van der Waals surface area contributed by atoms with Crippen LogP contribution in [0.4, 0.5) is 5.69 Å². The molecule has 0 radical (unpaired) electrons. The minimum atomic E-state index is -4.31. The molecule has 2 atom stereocenters. The van der Waals surface area contributed by atoms with E-state index in [2.05, 4.69) is 5.32 Å². The maximum absolute atomic E-state index is 14.3. The van der Waals surface area contributed by atoms with Crippen molar-refractivity contribution in [1.82, 2.24) is 10.2 Å². The van der Waals surface area contributed by atoms with Gasteiger partial charge in [0.25, 0.3) is 10.0 Å². The Balaban J connectivity index is 2.12. The Morgan fingerprint density at radius 3 is 2.13 bits per heavy atom. The third kappa shape index (κ3) is 8.69. The first-order valence-electron chi connectivity index (χ1n) is 15.1. The average molecular weight is 640 g/mol. The summed E-state index contributed by atoms with van der Waals surface area (Å²) >= 11 is 0. The Morgan fingerprint density at radius 1 is 0.889 bits per heavy atom. The Bertz CT molecular complexity index is 1540. The van der Waals surface area contributed by atoms with E-state index in [9.17, 15) is 18.0 Å². The summed E-state index contributed by atoms with van der Waals surface area (Å²) in [5, 5.41) is 2.99. The quantitative estimate of drug-likeness (QED) is 0.225. The van der Waals surface area contributed by atoms with E-state index < -0.39 is 28.5 Å². The van der Waals surface area contributed by atoms with Crippen molar-refractivity contribution in [3.8, 4) is 17.2 Å². The number of hydrogen-bond donors (Lipinski definition) is 1. The summed E-state index contributed by atoms with van der Waals surface area (Å²) in [5.41, 5.74) is 2.07. The normalized spacial score (nSPS) is 12.5. The van der Waals surface area contributed by atoms with Gasteiger partial charge in [0.2, 0.25) is 11.8 Å². The van der Waals surface area contributed by atoms with Crippen LogP contribution >= 0.6 is 0 Å². The van der Waals surface area contributed by atoms with Gasteiger partial charge in [0.05, 0.1) is 31.4 Å². The molecule has 3 aromatic carbocycles. The molecule has 0 bridgehead atoms. The second kappa shape index (κ2) is 16.2. The lowest BCUT2D eigenvalue weighted by atomic mass is 10.1. The summed E-state index contributed by atoms with van der Waals surface area (Å²) in [6, 6.07) is 17.5. The summed E-state index contributed by atoms with van der Waals surface area (Å²) in [7, 11) is -1.44. The highest BCUT2D eigenvalue weighted by atomic mass is 32.2. The first-order chi connectivity index (χ1) is 21.5. The molecule has 1 N–H and O–H groups in total. The molecule has 45 heavy (non-hydrogen) atoms. The van der Waals surface area contributed by atoms with Crippen LogP contribution in [0.1, 0.15) is 51.7 Å². The minimum absolute atomic E-state index is 0.0890. The molecule has 11 heteroatoms.